The van der Waals surface area contributed by atoms with Crippen LogP contribution >= 0.6 is 11.8 Å². The van der Waals surface area contributed by atoms with Crippen molar-refractivity contribution < 1.29 is 14.7 Å². The number of carbonyl (C=O) groups is 2. The molecule has 0 unspecified atom stereocenters. The molecule has 0 aliphatic rings. The number of nitrogens with one attached hydrogen (secondary N) is 1. The fraction of sp³-hybridized carbons (Fsp3) is 0.333. The molecule has 1 amide bonds. The predicted molar refractivity (Wildman–Crippen MR) is 83.2 cm³/mol. The Bertz CT molecular complexity index is 512. The molecule has 0 fully saturated rings. The highest BCUT2D eigenvalue weighted by Gasteiger charge is 2.06. The number of thioether (sulfide) groups is 1. The number of hydrogen-bond acceptors (Lipinski definition) is 3. The van der Waals surface area contributed by atoms with Crippen molar-refractivity contribution >= 4 is 29.7 Å². The topological polar surface area (TPSA) is 66.4 Å². The number of aliphatic carboxylic acids is 1. The molecule has 1 rings (SSSR count). The zero-order valence-electron chi connectivity index (χ0n) is 11.7. The number of benzene rings is 1. The van der Waals surface area contributed by atoms with E-state index in [1.54, 1.807) is 30.0 Å². The third-order valence-electron chi connectivity index (χ3n) is 2.75. The van der Waals surface area contributed by atoms with E-state index in [1.165, 1.54) is 6.08 Å². The van der Waals surface area contributed by atoms with Crippen molar-refractivity contribution in [3.63, 3.8) is 0 Å². The van der Waals surface area contributed by atoms with Gasteiger partial charge in [0.05, 0.1) is 0 Å². The molecule has 0 aliphatic carbocycles. The average Bonchev–Trinajstić information content (AvgIpc) is 2.41. The Morgan fingerprint density at radius 3 is 2.75 bits per heavy atom. The normalized spacial score (nSPS) is 10.7. The molecule has 20 heavy (non-hydrogen) atoms. The minimum atomic E-state index is -0.986. The van der Waals surface area contributed by atoms with Crippen molar-refractivity contribution in [3.8, 4) is 0 Å². The lowest BCUT2D eigenvalue weighted by atomic mass is 10.0. The van der Waals surface area contributed by atoms with Crippen LogP contribution in [0, 0.1) is 6.92 Å². The molecule has 108 valence electrons. The molecule has 4 nitrogen and oxygen atoms in total. The van der Waals surface area contributed by atoms with E-state index in [2.05, 4.69) is 5.32 Å². The highest BCUT2D eigenvalue weighted by atomic mass is 32.2. The predicted octanol–water partition coefficient (Wildman–Crippen LogP) is 2.58. The Balaban J connectivity index is 2.66. The van der Waals surface area contributed by atoms with Crippen molar-refractivity contribution in [2.45, 2.75) is 13.3 Å². The lowest BCUT2D eigenvalue weighted by Crippen LogP contribution is -2.24. The third-order valence-corrected chi connectivity index (χ3v) is 3.45. The molecule has 0 heterocycles. The Labute approximate surface area is 123 Å². The van der Waals surface area contributed by atoms with Crippen LogP contribution in [-0.4, -0.2) is 35.5 Å². The SMILES string of the molecule is CSCCCNC(=O)c1ccc(/C=C/C(=O)O)c(C)c1. The van der Waals surface area contributed by atoms with Gasteiger partial charge in [-0.3, -0.25) is 4.79 Å². The zero-order valence-corrected chi connectivity index (χ0v) is 12.5. The van der Waals surface area contributed by atoms with E-state index in [0.29, 0.717) is 12.1 Å². The first-order valence-electron chi connectivity index (χ1n) is 6.33. The lowest BCUT2D eigenvalue weighted by Gasteiger charge is -2.07. The van der Waals surface area contributed by atoms with Crippen LogP contribution in [-0.2, 0) is 4.79 Å². The standard InChI is InChI=1S/C15H19NO3S/c1-11-10-13(15(19)16-8-3-9-20-2)5-4-12(11)6-7-14(17)18/h4-7,10H,3,8-9H2,1-2H3,(H,16,19)(H,17,18)/b7-6+. The summed E-state index contributed by atoms with van der Waals surface area (Å²) in [6.07, 6.45) is 5.60. The van der Waals surface area contributed by atoms with Crippen LogP contribution in [0.5, 0.6) is 0 Å². The second kappa shape index (κ2) is 8.43. The molecular formula is C15H19NO3S. The summed E-state index contributed by atoms with van der Waals surface area (Å²) in [5, 5.41) is 11.5. The van der Waals surface area contributed by atoms with Gasteiger partial charge >= 0.3 is 5.97 Å². The van der Waals surface area contributed by atoms with Crippen molar-refractivity contribution in [2.75, 3.05) is 18.6 Å². The Kier molecular flexibility index (Phi) is 6.87. The summed E-state index contributed by atoms with van der Waals surface area (Å²) in [6, 6.07) is 5.23. The molecule has 1 aromatic carbocycles. The van der Waals surface area contributed by atoms with Gasteiger partial charge in [-0.1, -0.05) is 6.07 Å². The van der Waals surface area contributed by atoms with Crippen LogP contribution in [0.4, 0.5) is 0 Å². The first-order chi connectivity index (χ1) is 9.54. The maximum atomic E-state index is 11.9. The van der Waals surface area contributed by atoms with Crippen LogP contribution in [0.25, 0.3) is 6.08 Å². The van der Waals surface area contributed by atoms with Crippen molar-refractivity contribution in [1.82, 2.24) is 5.32 Å². The van der Waals surface area contributed by atoms with Gasteiger partial charge in [0.1, 0.15) is 0 Å². The summed E-state index contributed by atoms with van der Waals surface area (Å²) < 4.78 is 0. The number of carboxylic acids is 1. The summed E-state index contributed by atoms with van der Waals surface area (Å²) in [5.74, 6) is -0.0546. The Morgan fingerprint density at radius 2 is 2.15 bits per heavy atom. The summed E-state index contributed by atoms with van der Waals surface area (Å²) >= 11 is 1.75. The zero-order chi connectivity index (χ0) is 15.0. The first kappa shape index (κ1) is 16.3. The number of hydrogen-bond donors (Lipinski definition) is 2. The molecule has 0 aromatic heterocycles. The van der Waals surface area contributed by atoms with Gasteiger partial charge < -0.3 is 10.4 Å². The second-order valence-corrected chi connectivity index (χ2v) is 5.33. The molecule has 0 saturated carbocycles. The number of amides is 1. The van der Waals surface area contributed by atoms with E-state index in [1.807, 2.05) is 13.2 Å². The number of carboxylic acid groups (broad SMARTS) is 1. The van der Waals surface area contributed by atoms with Crippen LogP contribution in [0.2, 0.25) is 0 Å². The van der Waals surface area contributed by atoms with E-state index in [4.69, 9.17) is 5.11 Å². The van der Waals surface area contributed by atoms with Gasteiger partial charge in [0.25, 0.3) is 5.91 Å². The van der Waals surface area contributed by atoms with E-state index in [-0.39, 0.29) is 5.91 Å². The average molecular weight is 293 g/mol. The number of aryl methyl sites for hydroxylation is 1. The Morgan fingerprint density at radius 1 is 1.40 bits per heavy atom. The summed E-state index contributed by atoms with van der Waals surface area (Å²) in [5.41, 5.74) is 2.27. The maximum Gasteiger partial charge on any atom is 0.328 e. The van der Waals surface area contributed by atoms with Crippen molar-refractivity contribution in [2.24, 2.45) is 0 Å². The van der Waals surface area contributed by atoms with Crippen molar-refractivity contribution in [3.05, 3.63) is 41.0 Å². The minimum absolute atomic E-state index is 0.0945. The molecule has 0 radical (unpaired) electrons. The highest BCUT2D eigenvalue weighted by molar-refractivity contribution is 7.98. The highest BCUT2D eigenvalue weighted by Crippen LogP contribution is 2.13. The monoisotopic (exact) mass is 293 g/mol. The van der Waals surface area contributed by atoms with Gasteiger partial charge in [-0.15, -0.1) is 0 Å². The first-order valence-corrected chi connectivity index (χ1v) is 7.72. The minimum Gasteiger partial charge on any atom is -0.478 e. The molecule has 0 spiro atoms. The van der Waals surface area contributed by atoms with Crippen LogP contribution in [0.15, 0.2) is 24.3 Å². The van der Waals surface area contributed by atoms with Gasteiger partial charge in [0, 0.05) is 18.2 Å². The number of rotatable bonds is 7. The molecular weight excluding hydrogens is 274 g/mol. The van der Waals surface area contributed by atoms with Crippen LogP contribution < -0.4 is 5.32 Å². The fourth-order valence-corrected chi connectivity index (χ4v) is 2.12. The van der Waals surface area contributed by atoms with E-state index in [9.17, 15) is 9.59 Å². The summed E-state index contributed by atoms with van der Waals surface area (Å²) in [6.45, 7) is 2.52. The summed E-state index contributed by atoms with van der Waals surface area (Å²) in [7, 11) is 0. The Hall–Kier alpha value is -1.75. The van der Waals surface area contributed by atoms with Gasteiger partial charge in [-0.25, -0.2) is 4.79 Å². The quantitative estimate of drug-likeness (QED) is 0.599. The van der Waals surface area contributed by atoms with Gasteiger partial charge in [-0.05, 0) is 54.7 Å². The largest absolute Gasteiger partial charge is 0.478 e. The molecule has 0 bridgehead atoms. The van der Waals surface area contributed by atoms with E-state index < -0.39 is 5.97 Å². The molecule has 0 aliphatic heterocycles. The fourth-order valence-electron chi connectivity index (χ4n) is 1.69. The van der Waals surface area contributed by atoms with E-state index >= 15 is 0 Å². The van der Waals surface area contributed by atoms with Gasteiger partial charge in [-0.2, -0.15) is 11.8 Å². The number of carbonyl (C=O) groups excluding carboxylic acids is 1. The van der Waals surface area contributed by atoms with Gasteiger partial charge in [0.15, 0.2) is 0 Å². The third kappa shape index (κ3) is 5.48. The van der Waals surface area contributed by atoms with Crippen LogP contribution in [0.1, 0.15) is 27.9 Å². The van der Waals surface area contributed by atoms with E-state index in [0.717, 1.165) is 29.4 Å². The maximum absolute atomic E-state index is 11.9. The summed E-state index contributed by atoms with van der Waals surface area (Å²) in [4.78, 5) is 22.4. The van der Waals surface area contributed by atoms with Gasteiger partial charge in [0.2, 0.25) is 0 Å². The smallest absolute Gasteiger partial charge is 0.328 e. The molecule has 1 aromatic rings. The lowest BCUT2D eigenvalue weighted by molar-refractivity contribution is -0.131. The van der Waals surface area contributed by atoms with Crippen LogP contribution in [0.3, 0.4) is 0 Å². The second-order valence-electron chi connectivity index (χ2n) is 4.35. The molecule has 0 saturated heterocycles. The molecule has 2 N–H and O–H groups in total. The molecule has 0 atom stereocenters. The molecule has 5 heteroatoms. The van der Waals surface area contributed by atoms with Crippen molar-refractivity contribution in [1.29, 1.82) is 0 Å².